The van der Waals surface area contributed by atoms with Crippen LogP contribution in [0.3, 0.4) is 0 Å². The van der Waals surface area contributed by atoms with E-state index in [2.05, 4.69) is 41.8 Å². The van der Waals surface area contributed by atoms with Gasteiger partial charge in [-0.1, -0.05) is 24.7 Å². The van der Waals surface area contributed by atoms with Crippen LogP contribution in [0.1, 0.15) is 26.7 Å². The van der Waals surface area contributed by atoms with Gasteiger partial charge in [-0.3, -0.25) is 4.40 Å². The van der Waals surface area contributed by atoms with Crippen molar-refractivity contribution in [3.8, 4) is 22.8 Å². The summed E-state index contributed by atoms with van der Waals surface area (Å²) in [5.74, 6) is 1.82. The Morgan fingerprint density at radius 3 is 2.58 bits per heavy atom. The molecule has 0 N–H and O–H groups in total. The summed E-state index contributed by atoms with van der Waals surface area (Å²) >= 11 is 1.68. The Hall–Kier alpha value is -2.53. The van der Waals surface area contributed by atoms with E-state index in [0.717, 1.165) is 52.7 Å². The number of benzene rings is 2. The Morgan fingerprint density at radius 1 is 1.00 bits per heavy atom. The first-order valence-electron chi connectivity index (χ1n) is 9.06. The summed E-state index contributed by atoms with van der Waals surface area (Å²) in [5.41, 5.74) is 3.24. The van der Waals surface area contributed by atoms with Crippen molar-refractivity contribution < 1.29 is 9.47 Å². The number of thiazole rings is 1. The highest BCUT2D eigenvalue weighted by Gasteiger charge is 2.11. The number of ether oxygens (including phenoxy) is 2. The number of nitrogens with zero attached hydrogens (tertiary/aromatic N) is 2. The van der Waals surface area contributed by atoms with E-state index in [-0.39, 0.29) is 0 Å². The standard InChI is InChI=1S/C21H22N2O2S/c1-3-5-12-25-16-8-6-15(7-9-16)18-14-23-19-11-10-17(24-4-2)13-20(19)26-21(23)22-18/h6-11,13-14H,3-5,12H2,1-2H3. The summed E-state index contributed by atoms with van der Waals surface area (Å²) in [6.45, 7) is 5.61. The Morgan fingerprint density at radius 2 is 1.81 bits per heavy atom. The van der Waals surface area contributed by atoms with E-state index in [1.54, 1.807) is 11.3 Å². The zero-order valence-corrected chi connectivity index (χ0v) is 15.9. The van der Waals surface area contributed by atoms with Crippen LogP contribution in [0.5, 0.6) is 11.5 Å². The van der Waals surface area contributed by atoms with E-state index in [4.69, 9.17) is 14.5 Å². The summed E-state index contributed by atoms with van der Waals surface area (Å²) in [4.78, 5) is 5.79. The van der Waals surface area contributed by atoms with Crippen LogP contribution in [-0.2, 0) is 0 Å². The zero-order valence-electron chi connectivity index (χ0n) is 15.1. The topological polar surface area (TPSA) is 35.8 Å². The second kappa shape index (κ2) is 7.38. The molecule has 134 valence electrons. The molecule has 2 heterocycles. The minimum absolute atomic E-state index is 0.677. The van der Waals surface area contributed by atoms with Crippen LogP contribution in [-0.4, -0.2) is 22.6 Å². The molecule has 0 bridgehead atoms. The predicted octanol–water partition coefficient (Wildman–Crippen LogP) is 5.79. The van der Waals surface area contributed by atoms with Crippen molar-refractivity contribution in [1.29, 1.82) is 0 Å². The van der Waals surface area contributed by atoms with Gasteiger partial charge < -0.3 is 9.47 Å². The number of rotatable bonds is 7. The largest absolute Gasteiger partial charge is 0.494 e. The molecule has 5 heteroatoms. The van der Waals surface area contributed by atoms with Crippen molar-refractivity contribution in [3.05, 3.63) is 48.7 Å². The average Bonchev–Trinajstić information content (AvgIpc) is 3.20. The molecule has 4 rings (SSSR count). The summed E-state index contributed by atoms with van der Waals surface area (Å²) < 4.78 is 14.7. The van der Waals surface area contributed by atoms with Crippen molar-refractivity contribution in [1.82, 2.24) is 9.38 Å². The van der Waals surface area contributed by atoms with Gasteiger partial charge in [-0.15, -0.1) is 0 Å². The molecule has 26 heavy (non-hydrogen) atoms. The number of hydrogen-bond acceptors (Lipinski definition) is 4. The molecule has 0 aliphatic carbocycles. The molecule has 2 aromatic carbocycles. The highest BCUT2D eigenvalue weighted by molar-refractivity contribution is 7.23. The molecular weight excluding hydrogens is 344 g/mol. The molecule has 4 aromatic rings. The second-order valence-electron chi connectivity index (χ2n) is 6.17. The van der Waals surface area contributed by atoms with Gasteiger partial charge >= 0.3 is 0 Å². The molecule has 0 amide bonds. The average molecular weight is 366 g/mol. The maximum Gasteiger partial charge on any atom is 0.195 e. The molecule has 0 saturated carbocycles. The number of imidazole rings is 1. The minimum Gasteiger partial charge on any atom is -0.494 e. The van der Waals surface area contributed by atoms with Crippen LogP contribution in [0.25, 0.3) is 26.4 Å². The molecular formula is C21H22N2O2S. The fraction of sp³-hybridized carbons (Fsp3) is 0.286. The van der Waals surface area contributed by atoms with Gasteiger partial charge in [0, 0.05) is 11.8 Å². The molecule has 0 unspecified atom stereocenters. The first-order valence-corrected chi connectivity index (χ1v) is 9.88. The second-order valence-corrected chi connectivity index (χ2v) is 7.18. The molecule has 0 spiro atoms. The maximum atomic E-state index is 5.73. The van der Waals surface area contributed by atoms with E-state index in [0.29, 0.717) is 6.61 Å². The molecule has 2 aromatic heterocycles. The molecule has 4 nitrogen and oxygen atoms in total. The van der Waals surface area contributed by atoms with E-state index in [1.165, 1.54) is 4.70 Å². The molecule has 0 saturated heterocycles. The van der Waals surface area contributed by atoms with E-state index >= 15 is 0 Å². The molecule has 0 radical (unpaired) electrons. The predicted molar refractivity (Wildman–Crippen MR) is 108 cm³/mol. The lowest BCUT2D eigenvalue weighted by Gasteiger charge is -2.05. The van der Waals surface area contributed by atoms with Gasteiger partial charge in [0.2, 0.25) is 0 Å². The van der Waals surface area contributed by atoms with E-state index in [1.807, 2.05) is 25.1 Å². The van der Waals surface area contributed by atoms with Crippen LogP contribution < -0.4 is 9.47 Å². The smallest absolute Gasteiger partial charge is 0.195 e. The van der Waals surface area contributed by atoms with Gasteiger partial charge in [0.25, 0.3) is 0 Å². The number of hydrogen-bond donors (Lipinski definition) is 0. The Bertz CT molecular complexity index is 1020. The Labute approximate surface area is 157 Å². The monoisotopic (exact) mass is 366 g/mol. The Balaban J connectivity index is 1.61. The van der Waals surface area contributed by atoms with Crippen molar-refractivity contribution in [2.24, 2.45) is 0 Å². The molecule has 0 atom stereocenters. The summed E-state index contributed by atoms with van der Waals surface area (Å²) in [7, 11) is 0. The van der Waals surface area contributed by atoms with Crippen molar-refractivity contribution >= 4 is 26.5 Å². The SMILES string of the molecule is CCCCOc1ccc(-c2cn3c(n2)sc2cc(OCC)ccc23)cc1. The van der Waals surface area contributed by atoms with Crippen molar-refractivity contribution in [2.45, 2.75) is 26.7 Å². The van der Waals surface area contributed by atoms with Crippen LogP contribution in [0.2, 0.25) is 0 Å². The Kier molecular flexibility index (Phi) is 4.80. The molecule has 0 aliphatic heterocycles. The van der Waals surface area contributed by atoms with Gasteiger partial charge in [0.1, 0.15) is 11.5 Å². The summed E-state index contributed by atoms with van der Waals surface area (Å²) in [5, 5.41) is 0. The van der Waals surface area contributed by atoms with E-state index < -0.39 is 0 Å². The maximum absolute atomic E-state index is 5.73. The first kappa shape index (κ1) is 16.9. The normalized spacial score (nSPS) is 11.3. The van der Waals surface area contributed by atoms with Crippen molar-refractivity contribution in [3.63, 3.8) is 0 Å². The fourth-order valence-corrected chi connectivity index (χ4v) is 3.97. The van der Waals surface area contributed by atoms with Gasteiger partial charge in [0.15, 0.2) is 4.96 Å². The summed E-state index contributed by atoms with van der Waals surface area (Å²) in [6, 6.07) is 14.4. The van der Waals surface area contributed by atoms with Gasteiger partial charge in [-0.05, 0) is 55.8 Å². The van der Waals surface area contributed by atoms with Crippen LogP contribution in [0.15, 0.2) is 48.7 Å². The lowest BCUT2D eigenvalue weighted by molar-refractivity contribution is 0.309. The van der Waals surface area contributed by atoms with Crippen LogP contribution >= 0.6 is 11.3 Å². The van der Waals surface area contributed by atoms with Gasteiger partial charge in [-0.25, -0.2) is 4.98 Å². The van der Waals surface area contributed by atoms with Crippen LogP contribution in [0.4, 0.5) is 0 Å². The van der Waals surface area contributed by atoms with Crippen LogP contribution in [0, 0.1) is 0 Å². The quantitative estimate of drug-likeness (QED) is 0.388. The summed E-state index contributed by atoms with van der Waals surface area (Å²) in [6.07, 6.45) is 4.32. The van der Waals surface area contributed by atoms with Gasteiger partial charge in [0.05, 0.1) is 29.1 Å². The third-order valence-electron chi connectivity index (χ3n) is 4.29. The molecule has 0 fully saturated rings. The lowest BCUT2D eigenvalue weighted by atomic mass is 10.1. The van der Waals surface area contributed by atoms with Gasteiger partial charge in [-0.2, -0.15) is 0 Å². The van der Waals surface area contributed by atoms with Crippen molar-refractivity contribution in [2.75, 3.05) is 13.2 Å². The number of unbranched alkanes of at least 4 members (excludes halogenated alkanes) is 1. The minimum atomic E-state index is 0.677. The third kappa shape index (κ3) is 3.27. The fourth-order valence-electron chi connectivity index (χ4n) is 2.93. The third-order valence-corrected chi connectivity index (χ3v) is 5.31. The lowest BCUT2D eigenvalue weighted by Crippen LogP contribution is -1.95. The number of aromatic nitrogens is 2. The highest BCUT2D eigenvalue weighted by Crippen LogP contribution is 2.32. The number of fused-ring (bicyclic) bond motifs is 3. The zero-order chi connectivity index (χ0) is 17.9. The molecule has 0 aliphatic rings. The highest BCUT2D eigenvalue weighted by atomic mass is 32.1. The van der Waals surface area contributed by atoms with E-state index in [9.17, 15) is 0 Å². The first-order chi connectivity index (χ1) is 12.8.